The minimum Gasteiger partial charge on any atom is -0.398 e. The van der Waals surface area contributed by atoms with E-state index in [4.69, 9.17) is 10.3 Å². The molecule has 5 N–H and O–H groups in total. The fraction of sp³-hybridized carbons (Fsp3) is 0. The van der Waals surface area contributed by atoms with Crippen molar-refractivity contribution < 1.29 is 25.9 Å². The zero-order valence-electron chi connectivity index (χ0n) is 13.1. The van der Waals surface area contributed by atoms with Gasteiger partial charge in [0.25, 0.3) is 20.2 Å². The summed E-state index contributed by atoms with van der Waals surface area (Å²) in [4.78, 5) is -0.557. The van der Waals surface area contributed by atoms with Crippen molar-refractivity contribution in [3.8, 4) is 0 Å². The summed E-state index contributed by atoms with van der Waals surface area (Å²) >= 11 is 0. The molecule has 0 fully saturated rings. The molecule has 8 nitrogen and oxygen atoms in total. The van der Waals surface area contributed by atoms with Gasteiger partial charge in [0.2, 0.25) is 0 Å². The predicted molar refractivity (Wildman–Crippen MR) is 97.7 cm³/mol. The van der Waals surface area contributed by atoms with Crippen molar-refractivity contribution in [3.63, 3.8) is 0 Å². The largest absolute Gasteiger partial charge is 0.398 e. The zero-order chi connectivity index (χ0) is 19.1. The fourth-order valence-electron chi connectivity index (χ4n) is 2.51. The van der Waals surface area contributed by atoms with Crippen molar-refractivity contribution in [2.75, 3.05) is 11.1 Å². The summed E-state index contributed by atoms with van der Waals surface area (Å²) < 4.78 is 63.5. The monoisotopic (exact) mass is 394 g/mol. The van der Waals surface area contributed by atoms with Crippen LogP contribution in [0.25, 0.3) is 10.8 Å². The van der Waals surface area contributed by atoms with Crippen molar-refractivity contribution >= 4 is 48.1 Å². The molecule has 136 valence electrons. The van der Waals surface area contributed by atoms with Crippen LogP contribution in [-0.2, 0) is 20.2 Å². The van der Waals surface area contributed by atoms with E-state index in [1.54, 1.807) is 18.2 Å². The molecular weight excluding hydrogens is 380 g/mol. The number of fused-ring (bicyclic) bond motifs is 1. The molecule has 0 aromatic heterocycles. The summed E-state index contributed by atoms with van der Waals surface area (Å²) in [7, 11) is -8.72. The fourth-order valence-corrected chi connectivity index (χ4v) is 3.54. The molecule has 0 unspecified atom stereocenters. The Bertz CT molecular complexity index is 1220. The molecule has 3 aromatic rings. The third-order valence-electron chi connectivity index (χ3n) is 3.73. The van der Waals surface area contributed by atoms with Crippen molar-refractivity contribution in [3.05, 3.63) is 54.6 Å². The lowest BCUT2D eigenvalue weighted by Crippen LogP contribution is -2.01. The Morgan fingerprint density at radius 3 is 2.08 bits per heavy atom. The van der Waals surface area contributed by atoms with E-state index in [0.29, 0.717) is 27.8 Å². The van der Waals surface area contributed by atoms with E-state index in [1.807, 2.05) is 0 Å². The zero-order valence-corrected chi connectivity index (χ0v) is 14.8. The molecule has 0 aliphatic rings. The minimum absolute atomic E-state index is 0.268. The number of benzene rings is 3. The van der Waals surface area contributed by atoms with E-state index in [0.717, 1.165) is 0 Å². The van der Waals surface area contributed by atoms with Gasteiger partial charge in [-0.15, -0.1) is 0 Å². The van der Waals surface area contributed by atoms with Crippen LogP contribution in [0.3, 0.4) is 0 Å². The van der Waals surface area contributed by atoms with Gasteiger partial charge in [-0.3, -0.25) is 9.11 Å². The van der Waals surface area contributed by atoms with Gasteiger partial charge in [0, 0.05) is 27.8 Å². The minimum atomic E-state index is -4.38. The van der Waals surface area contributed by atoms with Crippen LogP contribution >= 0.6 is 0 Å². The predicted octanol–water partition coefficient (Wildman–Crippen LogP) is 2.66. The third-order valence-corrected chi connectivity index (χ3v) is 5.43. The van der Waals surface area contributed by atoms with Crippen LogP contribution < -0.4 is 11.1 Å². The average Bonchev–Trinajstić information content (AvgIpc) is 2.56. The van der Waals surface area contributed by atoms with Gasteiger partial charge in [-0.2, -0.15) is 16.8 Å². The van der Waals surface area contributed by atoms with Crippen LogP contribution in [0.15, 0.2) is 64.4 Å². The molecule has 26 heavy (non-hydrogen) atoms. The number of nitrogen functional groups attached to an aromatic ring is 1. The van der Waals surface area contributed by atoms with E-state index >= 15 is 0 Å². The van der Waals surface area contributed by atoms with Crippen LogP contribution in [0.1, 0.15) is 0 Å². The topological polar surface area (TPSA) is 147 Å². The quantitative estimate of drug-likeness (QED) is 0.390. The first kappa shape index (κ1) is 18.1. The molecule has 0 radical (unpaired) electrons. The van der Waals surface area contributed by atoms with Crippen molar-refractivity contribution in [1.29, 1.82) is 0 Å². The molecule has 0 saturated heterocycles. The molecule has 0 bridgehead atoms. The highest BCUT2D eigenvalue weighted by atomic mass is 32.2. The second-order valence-electron chi connectivity index (χ2n) is 5.51. The summed E-state index contributed by atoms with van der Waals surface area (Å²) in [6.45, 7) is 0. The molecule has 0 atom stereocenters. The maximum atomic E-state index is 11.3. The molecule has 0 heterocycles. The molecule has 0 aliphatic heterocycles. The molecule has 3 aromatic carbocycles. The maximum absolute atomic E-state index is 11.3. The number of rotatable bonds is 4. The average molecular weight is 394 g/mol. The normalized spacial score (nSPS) is 12.2. The highest BCUT2D eigenvalue weighted by molar-refractivity contribution is 7.86. The Morgan fingerprint density at radius 1 is 0.769 bits per heavy atom. The smallest absolute Gasteiger partial charge is 0.294 e. The molecule has 0 amide bonds. The lowest BCUT2D eigenvalue weighted by Gasteiger charge is -2.13. The number of hydrogen-bond donors (Lipinski definition) is 4. The van der Waals surface area contributed by atoms with Crippen LogP contribution in [0.2, 0.25) is 0 Å². The Morgan fingerprint density at radius 2 is 1.42 bits per heavy atom. The van der Waals surface area contributed by atoms with Crippen molar-refractivity contribution in [2.45, 2.75) is 9.79 Å². The Hall–Kier alpha value is -2.66. The summed E-state index contributed by atoms with van der Waals surface area (Å²) in [5, 5.41) is 3.97. The van der Waals surface area contributed by atoms with Gasteiger partial charge in [0.05, 0.1) is 9.79 Å². The van der Waals surface area contributed by atoms with Gasteiger partial charge in [0.1, 0.15) is 0 Å². The van der Waals surface area contributed by atoms with Gasteiger partial charge in [-0.25, -0.2) is 0 Å². The molecule has 0 spiro atoms. The molecule has 0 aliphatic carbocycles. The van der Waals surface area contributed by atoms with Crippen LogP contribution in [0.4, 0.5) is 17.1 Å². The van der Waals surface area contributed by atoms with Crippen LogP contribution in [-0.4, -0.2) is 25.9 Å². The molecular formula is C16H14N2O6S2. The number of hydrogen-bond acceptors (Lipinski definition) is 6. The van der Waals surface area contributed by atoms with E-state index < -0.39 is 20.2 Å². The molecule has 3 rings (SSSR count). The van der Waals surface area contributed by atoms with E-state index in [1.165, 1.54) is 36.4 Å². The number of nitrogens with one attached hydrogen (secondary N) is 1. The first-order valence-electron chi connectivity index (χ1n) is 7.20. The summed E-state index contributed by atoms with van der Waals surface area (Å²) in [6.07, 6.45) is 0. The van der Waals surface area contributed by atoms with Crippen LogP contribution in [0.5, 0.6) is 0 Å². The van der Waals surface area contributed by atoms with Gasteiger partial charge in [-0.05, 0) is 42.5 Å². The molecule has 10 heteroatoms. The summed E-state index contributed by atoms with van der Waals surface area (Å²) in [5.41, 5.74) is 7.13. The SMILES string of the molecule is Nc1ccc(Nc2cccc(S(=O)(=O)O)c2)c2ccc(S(=O)(=O)O)cc12. The maximum Gasteiger partial charge on any atom is 0.294 e. The lowest BCUT2D eigenvalue weighted by molar-refractivity contribution is 0.481. The first-order chi connectivity index (χ1) is 12.1. The third kappa shape index (κ3) is 3.63. The van der Waals surface area contributed by atoms with E-state index in [9.17, 15) is 21.4 Å². The second kappa shape index (κ2) is 6.25. The lowest BCUT2D eigenvalue weighted by atomic mass is 10.1. The van der Waals surface area contributed by atoms with Gasteiger partial charge >= 0.3 is 0 Å². The summed E-state index contributed by atoms with van der Waals surface area (Å²) in [5.74, 6) is 0. The molecule has 0 saturated carbocycles. The van der Waals surface area contributed by atoms with Gasteiger partial charge in [-0.1, -0.05) is 12.1 Å². The van der Waals surface area contributed by atoms with E-state index in [2.05, 4.69) is 5.32 Å². The highest BCUT2D eigenvalue weighted by Gasteiger charge is 2.14. The second-order valence-corrected chi connectivity index (χ2v) is 8.36. The van der Waals surface area contributed by atoms with Gasteiger partial charge < -0.3 is 11.1 Å². The highest BCUT2D eigenvalue weighted by Crippen LogP contribution is 2.32. The van der Waals surface area contributed by atoms with Crippen LogP contribution in [0, 0.1) is 0 Å². The van der Waals surface area contributed by atoms with E-state index in [-0.39, 0.29) is 9.79 Å². The Balaban J connectivity index is 2.11. The van der Waals surface area contributed by atoms with Gasteiger partial charge in [0.15, 0.2) is 0 Å². The summed E-state index contributed by atoms with van der Waals surface area (Å²) in [6, 6.07) is 12.7. The standard InChI is InChI=1S/C16H14N2O6S2/c17-15-6-7-16(13-5-4-12(9-14(13)15)26(22,23)24)18-10-2-1-3-11(8-10)25(19,20)21/h1-9,18H,17H2,(H,19,20,21)(H,22,23,24). The first-order valence-corrected chi connectivity index (χ1v) is 10.1. The number of nitrogens with two attached hydrogens (primary N) is 1. The Kier molecular flexibility index (Phi) is 4.36. The van der Waals surface area contributed by atoms with Crippen molar-refractivity contribution in [2.24, 2.45) is 0 Å². The van der Waals surface area contributed by atoms with Crippen molar-refractivity contribution in [1.82, 2.24) is 0 Å². The Labute approximate surface area is 149 Å². The number of anilines is 3.